The first kappa shape index (κ1) is 22.8. The Balaban J connectivity index is 1.44. The maximum Gasteiger partial charge on any atom is 0.338 e. The first-order valence-electron chi connectivity index (χ1n) is 11.0. The number of benzene rings is 2. The van der Waals surface area contributed by atoms with Crippen molar-refractivity contribution in [1.82, 2.24) is 4.90 Å². The molecule has 0 aromatic heterocycles. The summed E-state index contributed by atoms with van der Waals surface area (Å²) in [6, 6.07) is 15.0. The highest BCUT2D eigenvalue weighted by atomic mass is 16.5. The Morgan fingerprint density at radius 1 is 1.10 bits per heavy atom. The fourth-order valence-corrected chi connectivity index (χ4v) is 3.71. The fraction of sp³-hybridized carbons (Fsp3) is 0.440. The number of likely N-dealkylation sites (tertiary alicyclic amines) is 1. The van der Waals surface area contributed by atoms with Crippen molar-refractivity contribution >= 4 is 17.6 Å². The first-order valence-corrected chi connectivity index (χ1v) is 11.0. The summed E-state index contributed by atoms with van der Waals surface area (Å²) in [5.41, 5.74) is 2.42. The van der Waals surface area contributed by atoms with Crippen LogP contribution in [0.15, 0.2) is 48.5 Å². The Morgan fingerprint density at radius 2 is 1.84 bits per heavy atom. The average molecular weight is 425 g/mol. The number of nitrogens with one attached hydrogen (secondary N) is 1. The van der Waals surface area contributed by atoms with E-state index in [4.69, 9.17) is 9.47 Å². The summed E-state index contributed by atoms with van der Waals surface area (Å²) in [4.78, 5) is 27.0. The molecule has 0 bridgehead atoms. The molecule has 166 valence electrons. The zero-order chi connectivity index (χ0) is 22.1. The highest BCUT2D eigenvalue weighted by Crippen LogP contribution is 2.22. The van der Waals surface area contributed by atoms with Crippen molar-refractivity contribution in [2.24, 2.45) is 5.92 Å². The van der Waals surface area contributed by atoms with E-state index in [-0.39, 0.29) is 17.8 Å². The molecule has 1 N–H and O–H groups in total. The predicted molar refractivity (Wildman–Crippen MR) is 121 cm³/mol. The van der Waals surface area contributed by atoms with Crippen LogP contribution in [0.2, 0.25) is 0 Å². The summed E-state index contributed by atoms with van der Waals surface area (Å²) in [5, 5.41) is 2.98. The number of carbonyl (C=O) groups is 2. The van der Waals surface area contributed by atoms with E-state index in [0.717, 1.165) is 51.1 Å². The molecule has 3 rings (SSSR count). The molecule has 1 aliphatic rings. The third kappa shape index (κ3) is 6.82. The number of unbranched alkanes of at least 4 members (excludes halogenated alkanes) is 1. The number of anilines is 1. The van der Waals surface area contributed by atoms with Crippen LogP contribution in [-0.4, -0.2) is 43.6 Å². The van der Waals surface area contributed by atoms with Gasteiger partial charge in [-0.3, -0.25) is 9.69 Å². The molecule has 6 heteroatoms. The summed E-state index contributed by atoms with van der Waals surface area (Å²) < 4.78 is 10.5. The fourth-order valence-electron chi connectivity index (χ4n) is 3.71. The number of methoxy groups -OCH3 is 1. The van der Waals surface area contributed by atoms with E-state index < -0.39 is 0 Å². The minimum absolute atomic E-state index is 0.000227. The van der Waals surface area contributed by atoms with Gasteiger partial charge >= 0.3 is 5.97 Å². The van der Waals surface area contributed by atoms with Gasteiger partial charge < -0.3 is 14.8 Å². The Kier molecular flexibility index (Phi) is 8.47. The van der Waals surface area contributed by atoms with E-state index in [2.05, 4.69) is 29.3 Å². The van der Waals surface area contributed by atoms with Gasteiger partial charge in [-0.05, 0) is 74.3 Å². The number of ether oxygens (including phenoxy) is 2. The van der Waals surface area contributed by atoms with E-state index in [1.807, 2.05) is 12.1 Å². The molecular formula is C25H32N2O4. The van der Waals surface area contributed by atoms with Gasteiger partial charge in [-0.15, -0.1) is 0 Å². The summed E-state index contributed by atoms with van der Waals surface area (Å²) >= 11 is 0. The van der Waals surface area contributed by atoms with Crippen molar-refractivity contribution in [3.63, 3.8) is 0 Å². The molecule has 1 heterocycles. The molecule has 0 spiro atoms. The lowest BCUT2D eigenvalue weighted by Crippen LogP contribution is -2.37. The van der Waals surface area contributed by atoms with Crippen LogP contribution in [0.3, 0.4) is 0 Å². The number of amides is 1. The summed E-state index contributed by atoms with van der Waals surface area (Å²) in [5.74, 6) is 0.585. The van der Waals surface area contributed by atoms with Crippen molar-refractivity contribution in [2.45, 2.75) is 39.2 Å². The van der Waals surface area contributed by atoms with Crippen molar-refractivity contribution in [1.29, 1.82) is 0 Å². The molecule has 2 aromatic rings. The lowest BCUT2D eigenvalue weighted by Gasteiger charge is -2.31. The van der Waals surface area contributed by atoms with Gasteiger partial charge in [0.2, 0.25) is 5.91 Å². The van der Waals surface area contributed by atoms with Crippen LogP contribution >= 0.6 is 0 Å². The molecule has 0 aliphatic carbocycles. The predicted octanol–water partition coefficient (Wildman–Crippen LogP) is 4.50. The highest BCUT2D eigenvalue weighted by Gasteiger charge is 2.25. The van der Waals surface area contributed by atoms with E-state index in [0.29, 0.717) is 17.9 Å². The maximum absolute atomic E-state index is 12.7. The van der Waals surface area contributed by atoms with Crippen LogP contribution in [0.4, 0.5) is 5.69 Å². The topological polar surface area (TPSA) is 67.9 Å². The smallest absolute Gasteiger partial charge is 0.338 e. The molecule has 1 fully saturated rings. The molecule has 1 aliphatic heterocycles. The van der Waals surface area contributed by atoms with Gasteiger partial charge in [-0.25, -0.2) is 4.79 Å². The van der Waals surface area contributed by atoms with Crippen molar-refractivity contribution in [3.05, 3.63) is 59.7 Å². The second kappa shape index (κ2) is 11.5. The zero-order valence-corrected chi connectivity index (χ0v) is 18.4. The molecule has 1 saturated heterocycles. The molecule has 1 amide bonds. The third-order valence-electron chi connectivity index (χ3n) is 5.62. The van der Waals surface area contributed by atoms with E-state index >= 15 is 0 Å². The summed E-state index contributed by atoms with van der Waals surface area (Å²) in [7, 11) is 1.68. The Labute approximate surface area is 184 Å². The van der Waals surface area contributed by atoms with Crippen LogP contribution in [0.5, 0.6) is 5.75 Å². The molecule has 0 unspecified atom stereocenters. The molecule has 6 nitrogen and oxygen atoms in total. The molecule has 2 aromatic carbocycles. The standard InChI is InChI=1S/C25H32N2O4/c1-3-4-16-31-25(29)21-8-10-22(11-9-21)26-24(28)20-12-14-27(15-13-20)18-19-6-5-7-23(17-19)30-2/h5-11,17,20H,3-4,12-16,18H2,1-2H3,(H,26,28). The van der Waals surface area contributed by atoms with Crippen LogP contribution in [0.1, 0.15) is 48.5 Å². The van der Waals surface area contributed by atoms with Crippen molar-refractivity contribution in [3.8, 4) is 5.75 Å². The number of hydrogen-bond donors (Lipinski definition) is 1. The van der Waals surface area contributed by atoms with Gasteiger partial charge in [-0.1, -0.05) is 25.5 Å². The summed E-state index contributed by atoms with van der Waals surface area (Å²) in [6.45, 7) is 5.12. The molecule has 31 heavy (non-hydrogen) atoms. The Morgan fingerprint density at radius 3 is 2.52 bits per heavy atom. The minimum Gasteiger partial charge on any atom is -0.497 e. The van der Waals surface area contributed by atoms with Gasteiger partial charge in [-0.2, -0.15) is 0 Å². The van der Waals surface area contributed by atoms with Gasteiger partial charge in [0.25, 0.3) is 0 Å². The van der Waals surface area contributed by atoms with E-state index in [1.54, 1.807) is 31.4 Å². The molecular weight excluding hydrogens is 392 g/mol. The minimum atomic E-state index is -0.324. The normalized spacial score (nSPS) is 14.8. The number of rotatable bonds is 9. The Bertz CT molecular complexity index is 858. The number of piperidine rings is 1. The van der Waals surface area contributed by atoms with Crippen LogP contribution < -0.4 is 10.1 Å². The zero-order valence-electron chi connectivity index (χ0n) is 18.4. The maximum atomic E-state index is 12.7. The van der Waals surface area contributed by atoms with E-state index in [1.165, 1.54) is 5.56 Å². The lowest BCUT2D eigenvalue weighted by atomic mass is 9.95. The average Bonchev–Trinajstić information content (AvgIpc) is 2.80. The van der Waals surface area contributed by atoms with Crippen LogP contribution in [0.25, 0.3) is 0 Å². The van der Waals surface area contributed by atoms with Gasteiger partial charge in [0.1, 0.15) is 5.75 Å². The summed E-state index contributed by atoms with van der Waals surface area (Å²) in [6.07, 6.45) is 3.51. The van der Waals surface area contributed by atoms with Crippen molar-refractivity contribution in [2.75, 3.05) is 32.1 Å². The lowest BCUT2D eigenvalue weighted by molar-refractivity contribution is -0.121. The van der Waals surface area contributed by atoms with Crippen LogP contribution in [-0.2, 0) is 16.1 Å². The number of esters is 1. The van der Waals surface area contributed by atoms with Crippen LogP contribution in [0, 0.1) is 5.92 Å². The van der Waals surface area contributed by atoms with Gasteiger partial charge in [0.15, 0.2) is 0 Å². The SMILES string of the molecule is CCCCOC(=O)c1ccc(NC(=O)C2CCN(Cc3cccc(OC)c3)CC2)cc1. The Hall–Kier alpha value is -2.86. The molecule has 0 radical (unpaired) electrons. The third-order valence-corrected chi connectivity index (χ3v) is 5.62. The number of carbonyl (C=O) groups excluding carboxylic acids is 2. The van der Waals surface area contributed by atoms with Gasteiger partial charge in [0, 0.05) is 18.2 Å². The van der Waals surface area contributed by atoms with E-state index in [9.17, 15) is 9.59 Å². The van der Waals surface area contributed by atoms with Gasteiger partial charge in [0.05, 0.1) is 19.3 Å². The van der Waals surface area contributed by atoms with Crippen molar-refractivity contribution < 1.29 is 19.1 Å². The molecule has 0 atom stereocenters. The quantitative estimate of drug-likeness (QED) is 0.474. The first-order chi connectivity index (χ1) is 15.1. The second-order valence-corrected chi connectivity index (χ2v) is 7.96. The number of nitrogens with zero attached hydrogens (tertiary/aromatic N) is 1. The monoisotopic (exact) mass is 424 g/mol. The largest absolute Gasteiger partial charge is 0.497 e. The highest BCUT2D eigenvalue weighted by molar-refractivity contribution is 5.94. The number of hydrogen-bond acceptors (Lipinski definition) is 5. The second-order valence-electron chi connectivity index (χ2n) is 7.96. The molecule has 0 saturated carbocycles.